The van der Waals surface area contributed by atoms with E-state index in [1.54, 1.807) is 0 Å². The van der Waals surface area contributed by atoms with Crippen LogP contribution in [0.4, 0.5) is 17.1 Å². The van der Waals surface area contributed by atoms with Crippen molar-refractivity contribution < 1.29 is 9.53 Å². The molecule has 1 fully saturated rings. The minimum atomic E-state index is -0.296. The van der Waals surface area contributed by atoms with E-state index in [4.69, 9.17) is 4.74 Å². The fourth-order valence-electron chi connectivity index (χ4n) is 3.62. The molecule has 1 aliphatic rings. The summed E-state index contributed by atoms with van der Waals surface area (Å²) in [5.41, 5.74) is 2.99. The van der Waals surface area contributed by atoms with E-state index in [0.717, 1.165) is 43.4 Å². The van der Waals surface area contributed by atoms with Crippen molar-refractivity contribution in [3.8, 4) is 0 Å². The fourth-order valence-corrected chi connectivity index (χ4v) is 3.62. The number of amides is 1. The Labute approximate surface area is 171 Å². The van der Waals surface area contributed by atoms with Gasteiger partial charge in [-0.05, 0) is 54.1 Å². The van der Waals surface area contributed by atoms with Crippen molar-refractivity contribution in [1.82, 2.24) is 0 Å². The first kappa shape index (κ1) is 19.3. The van der Waals surface area contributed by atoms with Crippen LogP contribution in [-0.2, 0) is 9.53 Å². The first-order valence-electron chi connectivity index (χ1n) is 10.1. The van der Waals surface area contributed by atoms with Gasteiger partial charge in [-0.1, -0.05) is 30.3 Å². The van der Waals surface area contributed by atoms with Gasteiger partial charge in [0.15, 0.2) is 0 Å². The number of morpholine rings is 1. The third-order valence-electron chi connectivity index (χ3n) is 5.61. The maximum atomic E-state index is 12.8. The average molecular weight is 389 g/mol. The summed E-state index contributed by atoms with van der Waals surface area (Å²) in [4.78, 5) is 17.1. The number of hydrogen-bond donors (Lipinski definition) is 1. The lowest BCUT2D eigenvalue weighted by molar-refractivity contribution is -0.117. The molecule has 1 saturated heterocycles. The van der Waals surface area contributed by atoms with E-state index in [-0.39, 0.29) is 11.9 Å². The van der Waals surface area contributed by atoms with Crippen LogP contribution in [-0.4, -0.2) is 45.3 Å². The predicted molar refractivity (Wildman–Crippen MR) is 120 cm³/mol. The van der Waals surface area contributed by atoms with E-state index in [2.05, 4.69) is 52.7 Å². The zero-order chi connectivity index (χ0) is 20.2. The molecule has 1 aliphatic heterocycles. The average Bonchev–Trinajstić information content (AvgIpc) is 2.78. The van der Waals surface area contributed by atoms with Gasteiger partial charge in [0, 0.05) is 37.2 Å². The Kier molecular flexibility index (Phi) is 5.67. The third-order valence-corrected chi connectivity index (χ3v) is 5.61. The second-order valence-electron chi connectivity index (χ2n) is 7.45. The maximum Gasteiger partial charge on any atom is 0.246 e. The molecule has 4 rings (SSSR count). The lowest BCUT2D eigenvalue weighted by atomic mass is 10.1. The Morgan fingerprint density at radius 1 is 1.00 bits per heavy atom. The molecule has 5 nitrogen and oxygen atoms in total. The first-order valence-corrected chi connectivity index (χ1v) is 10.1. The number of nitrogens with one attached hydrogen (secondary N) is 1. The minimum absolute atomic E-state index is 0.0280. The number of rotatable bonds is 5. The molecule has 0 spiro atoms. The van der Waals surface area contributed by atoms with Crippen molar-refractivity contribution in [1.29, 1.82) is 0 Å². The highest BCUT2D eigenvalue weighted by atomic mass is 16.5. The summed E-state index contributed by atoms with van der Waals surface area (Å²) in [6.45, 7) is 5.25. The number of hydrogen-bond acceptors (Lipinski definition) is 4. The van der Waals surface area contributed by atoms with Crippen molar-refractivity contribution in [2.45, 2.75) is 13.0 Å². The van der Waals surface area contributed by atoms with E-state index in [1.807, 2.05) is 43.1 Å². The Hall–Kier alpha value is -3.05. The zero-order valence-electron chi connectivity index (χ0n) is 17.0. The quantitative estimate of drug-likeness (QED) is 0.712. The van der Waals surface area contributed by atoms with Crippen molar-refractivity contribution >= 4 is 33.7 Å². The third kappa shape index (κ3) is 4.35. The molecule has 1 N–H and O–H groups in total. The molecule has 29 heavy (non-hydrogen) atoms. The molecule has 3 aromatic rings. The van der Waals surface area contributed by atoms with Crippen LogP contribution in [0.3, 0.4) is 0 Å². The molecular formula is C24H27N3O2. The second kappa shape index (κ2) is 8.53. The van der Waals surface area contributed by atoms with Crippen LogP contribution < -0.4 is 15.1 Å². The predicted octanol–water partition coefficient (Wildman–Crippen LogP) is 4.14. The number of fused-ring (bicyclic) bond motifs is 1. The normalized spacial score (nSPS) is 15.2. The van der Waals surface area contributed by atoms with Gasteiger partial charge in [0.1, 0.15) is 6.04 Å². The van der Waals surface area contributed by atoms with Crippen LogP contribution in [0.15, 0.2) is 66.7 Å². The zero-order valence-corrected chi connectivity index (χ0v) is 17.0. The maximum absolute atomic E-state index is 12.8. The van der Waals surface area contributed by atoms with Gasteiger partial charge in [-0.15, -0.1) is 0 Å². The van der Waals surface area contributed by atoms with Gasteiger partial charge in [-0.3, -0.25) is 4.79 Å². The lowest BCUT2D eigenvalue weighted by Crippen LogP contribution is -2.39. The minimum Gasteiger partial charge on any atom is -0.378 e. The second-order valence-corrected chi connectivity index (χ2v) is 7.45. The SMILES string of the molecule is CC(C(=O)Nc1ccc(N2CCOCC2)cc1)N(C)c1ccc2ccccc2c1. The highest BCUT2D eigenvalue weighted by Crippen LogP contribution is 2.24. The van der Waals surface area contributed by atoms with Crippen LogP contribution in [0.2, 0.25) is 0 Å². The van der Waals surface area contributed by atoms with Crippen LogP contribution in [0.5, 0.6) is 0 Å². The molecule has 1 heterocycles. The molecule has 1 amide bonds. The molecule has 0 aliphatic carbocycles. The molecule has 0 bridgehead atoms. The van der Waals surface area contributed by atoms with Gasteiger partial charge in [-0.25, -0.2) is 0 Å². The highest BCUT2D eigenvalue weighted by Gasteiger charge is 2.19. The smallest absolute Gasteiger partial charge is 0.246 e. The van der Waals surface area contributed by atoms with Crippen LogP contribution in [0.25, 0.3) is 10.8 Å². The van der Waals surface area contributed by atoms with Gasteiger partial charge in [0.2, 0.25) is 5.91 Å². The lowest BCUT2D eigenvalue weighted by Gasteiger charge is -2.29. The van der Waals surface area contributed by atoms with Crippen LogP contribution >= 0.6 is 0 Å². The number of likely N-dealkylation sites (N-methyl/N-ethyl adjacent to an activating group) is 1. The van der Waals surface area contributed by atoms with E-state index in [1.165, 1.54) is 10.8 Å². The van der Waals surface area contributed by atoms with Gasteiger partial charge < -0.3 is 19.9 Å². The monoisotopic (exact) mass is 389 g/mol. The molecule has 1 unspecified atom stereocenters. The number of anilines is 3. The topological polar surface area (TPSA) is 44.8 Å². The molecule has 3 aromatic carbocycles. The summed E-state index contributed by atoms with van der Waals surface area (Å²) in [7, 11) is 1.95. The van der Waals surface area contributed by atoms with Crippen molar-refractivity contribution in [2.24, 2.45) is 0 Å². The number of ether oxygens (including phenoxy) is 1. The van der Waals surface area contributed by atoms with Crippen LogP contribution in [0, 0.1) is 0 Å². The largest absolute Gasteiger partial charge is 0.378 e. The molecule has 1 atom stereocenters. The Bertz CT molecular complexity index is 981. The van der Waals surface area contributed by atoms with E-state index in [9.17, 15) is 4.79 Å². The van der Waals surface area contributed by atoms with Crippen molar-refractivity contribution in [2.75, 3.05) is 48.5 Å². The van der Waals surface area contributed by atoms with Gasteiger partial charge in [0.25, 0.3) is 0 Å². The van der Waals surface area contributed by atoms with Gasteiger partial charge >= 0.3 is 0 Å². The first-order chi connectivity index (χ1) is 14.1. The van der Waals surface area contributed by atoms with Crippen LogP contribution in [0.1, 0.15) is 6.92 Å². The van der Waals surface area contributed by atoms with Crippen molar-refractivity contribution in [3.63, 3.8) is 0 Å². The molecule has 0 radical (unpaired) electrons. The number of benzene rings is 3. The molecule has 5 heteroatoms. The molecule has 0 aromatic heterocycles. The van der Waals surface area contributed by atoms with Crippen molar-refractivity contribution in [3.05, 3.63) is 66.7 Å². The summed E-state index contributed by atoms with van der Waals surface area (Å²) in [6.07, 6.45) is 0. The molecular weight excluding hydrogens is 362 g/mol. The molecule has 150 valence electrons. The number of nitrogens with zero attached hydrogens (tertiary/aromatic N) is 2. The van der Waals surface area contributed by atoms with E-state index < -0.39 is 0 Å². The Morgan fingerprint density at radius 2 is 1.69 bits per heavy atom. The standard InChI is InChI=1S/C24H27N3O2/c1-18(26(2)23-10-7-19-5-3-4-6-20(19)17-23)24(28)25-21-8-11-22(12-9-21)27-13-15-29-16-14-27/h3-12,17-18H,13-16H2,1-2H3,(H,25,28). The molecule has 0 saturated carbocycles. The number of carbonyl (C=O) groups is 1. The summed E-state index contributed by atoms with van der Waals surface area (Å²) < 4.78 is 5.40. The van der Waals surface area contributed by atoms with Gasteiger partial charge in [-0.2, -0.15) is 0 Å². The summed E-state index contributed by atoms with van der Waals surface area (Å²) in [5, 5.41) is 5.40. The summed E-state index contributed by atoms with van der Waals surface area (Å²) >= 11 is 0. The summed E-state index contributed by atoms with van der Waals surface area (Å²) in [6, 6.07) is 22.3. The highest BCUT2D eigenvalue weighted by molar-refractivity contribution is 5.97. The Balaban J connectivity index is 1.41. The number of carbonyl (C=O) groups excluding carboxylic acids is 1. The fraction of sp³-hybridized carbons (Fsp3) is 0.292. The summed E-state index contributed by atoms with van der Waals surface area (Å²) in [5.74, 6) is -0.0280. The Morgan fingerprint density at radius 3 is 2.41 bits per heavy atom. The van der Waals surface area contributed by atoms with E-state index in [0.29, 0.717) is 0 Å². The van der Waals surface area contributed by atoms with E-state index >= 15 is 0 Å². The van der Waals surface area contributed by atoms with Gasteiger partial charge in [0.05, 0.1) is 13.2 Å².